The summed E-state index contributed by atoms with van der Waals surface area (Å²) in [6, 6.07) is 36.4. The molecule has 0 fully saturated rings. The zero-order valence-electron chi connectivity index (χ0n) is 21.4. The third kappa shape index (κ3) is 5.33. The lowest BCUT2D eigenvalue weighted by Crippen LogP contribution is -2.14. The van der Waals surface area contributed by atoms with Gasteiger partial charge in [-0.3, -0.25) is 4.98 Å². The molecule has 7 nitrogen and oxygen atoms in total. The van der Waals surface area contributed by atoms with E-state index in [0.29, 0.717) is 11.5 Å². The van der Waals surface area contributed by atoms with E-state index in [0.717, 1.165) is 34.3 Å². The Kier molecular flexibility index (Phi) is 6.69. The highest BCUT2D eigenvalue weighted by Gasteiger charge is 2.17. The highest BCUT2D eigenvalue weighted by molar-refractivity contribution is 5.80. The van der Waals surface area contributed by atoms with Crippen LogP contribution >= 0.6 is 0 Å². The molecule has 3 aromatic carbocycles. The second-order valence-electron chi connectivity index (χ2n) is 8.87. The van der Waals surface area contributed by atoms with E-state index in [9.17, 15) is 0 Å². The second-order valence-corrected chi connectivity index (χ2v) is 8.87. The molecule has 39 heavy (non-hydrogen) atoms. The molecule has 0 radical (unpaired) electrons. The Bertz CT molecular complexity index is 1600. The zero-order chi connectivity index (χ0) is 26.4. The maximum absolute atomic E-state index is 6.43. The molecule has 6 aromatic rings. The van der Waals surface area contributed by atoms with Gasteiger partial charge in [0.25, 0.3) is 0 Å². The van der Waals surface area contributed by atoms with Gasteiger partial charge in [-0.15, -0.1) is 0 Å². The van der Waals surface area contributed by atoms with Gasteiger partial charge in [-0.05, 0) is 48.5 Å². The molecule has 0 aliphatic carbocycles. The largest absolute Gasteiger partial charge is 0.456 e. The Morgan fingerprint density at radius 3 is 2.03 bits per heavy atom. The fourth-order valence-corrected chi connectivity index (χ4v) is 4.38. The van der Waals surface area contributed by atoms with Crippen LogP contribution < -0.4 is 14.5 Å². The monoisotopic (exact) mass is 510 g/mol. The van der Waals surface area contributed by atoms with Crippen molar-refractivity contribution in [3.05, 3.63) is 140 Å². The van der Waals surface area contributed by atoms with Gasteiger partial charge >= 0.3 is 0 Å². The van der Waals surface area contributed by atoms with Gasteiger partial charge in [0.05, 0.1) is 23.8 Å². The fraction of sp³-hybridized carbons (Fsp3) is 0.0312. The van der Waals surface area contributed by atoms with Crippen LogP contribution in [0.25, 0.3) is 5.69 Å². The number of aromatic nitrogens is 4. The van der Waals surface area contributed by atoms with Crippen LogP contribution in [0.5, 0.6) is 11.5 Å². The number of nitrogens with zero attached hydrogens (tertiary/aromatic N) is 6. The number of anilines is 5. The van der Waals surface area contributed by atoms with Crippen molar-refractivity contribution >= 4 is 28.6 Å². The highest BCUT2D eigenvalue weighted by atomic mass is 16.5. The number of benzene rings is 3. The van der Waals surface area contributed by atoms with Gasteiger partial charge in [0.2, 0.25) is 0 Å². The van der Waals surface area contributed by atoms with Gasteiger partial charge in [0, 0.05) is 60.9 Å². The number of hydrogen-bond donors (Lipinski definition) is 0. The summed E-state index contributed by atoms with van der Waals surface area (Å²) in [5, 5.41) is 4.31. The van der Waals surface area contributed by atoms with E-state index in [1.54, 1.807) is 29.5 Å². The van der Waals surface area contributed by atoms with E-state index >= 15 is 0 Å². The Morgan fingerprint density at radius 2 is 1.36 bits per heavy atom. The van der Waals surface area contributed by atoms with Crippen molar-refractivity contribution in [3.8, 4) is 17.2 Å². The number of pyridine rings is 2. The van der Waals surface area contributed by atoms with E-state index in [4.69, 9.17) is 4.74 Å². The van der Waals surface area contributed by atoms with E-state index in [1.165, 1.54) is 0 Å². The normalized spacial score (nSPS) is 10.7. The van der Waals surface area contributed by atoms with Crippen molar-refractivity contribution in [2.75, 3.05) is 16.8 Å². The Morgan fingerprint density at radius 1 is 0.641 bits per heavy atom. The number of para-hydroxylation sites is 2. The molecule has 0 saturated carbocycles. The number of rotatable bonds is 8. The Labute approximate surface area is 227 Å². The molecule has 0 aliphatic heterocycles. The maximum Gasteiger partial charge on any atom is 0.147 e. The molecule has 190 valence electrons. The number of hydrogen-bond acceptors (Lipinski definition) is 6. The van der Waals surface area contributed by atoms with Gasteiger partial charge in [-0.2, -0.15) is 5.10 Å². The zero-order valence-corrected chi connectivity index (χ0v) is 21.4. The third-order valence-electron chi connectivity index (χ3n) is 6.25. The van der Waals surface area contributed by atoms with Crippen molar-refractivity contribution in [2.24, 2.45) is 0 Å². The summed E-state index contributed by atoms with van der Waals surface area (Å²) in [5.41, 5.74) is 4.76. The molecular weight excluding hydrogens is 484 g/mol. The lowest BCUT2D eigenvalue weighted by atomic mass is 10.1. The van der Waals surface area contributed by atoms with Crippen LogP contribution in [0.4, 0.5) is 28.6 Å². The first-order valence-electron chi connectivity index (χ1n) is 12.6. The van der Waals surface area contributed by atoms with Gasteiger partial charge in [-0.1, -0.05) is 42.5 Å². The van der Waals surface area contributed by atoms with E-state index in [2.05, 4.69) is 50.3 Å². The summed E-state index contributed by atoms with van der Waals surface area (Å²) in [4.78, 5) is 13.2. The molecule has 7 heteroatoms. The minimum atomic E-state index is 0.609. The van der Waals surface area contributed by atoms with Crippen molar-refractivity contribution in [3.63, 3.8) is 0 Å². The quantitative estimate of drug-likeness (QED) is 0.209. The minimum absolute atomic E-state index is 0.609. The minimum Gasteiger partial charge on any atom is -0.456 e. The standard InChI is InChI=1S/C32H26N6O/c1-36(32-15-8-9-16-34-32)27-19-28(38(25-11-4-2-5-12-25)26-13-6-3-7-14-26)21-30(20-27)39-31-22-29(23-33-24-31)37-18-10-17-35-37/h2-24H,1H3. The Hall–Kier alpha value is -5.43. The summed E-state index contributed by atoms with van der Waals surface area (Å²) < 4.78 is 8.18. The van der Waals surface area contributed by atoms with Gasteiger partial charge in [-0.25, -0.2) is 9.67 Å². The van der Waals surface area contributed by atoms with Crippen LogP contribution in [0.3, 0.4) is 0 Å². The summed E-state index contributed by atoms with van der Waals surface area (Å²) >= 11 is 0. The van der Waals surface area contributed by atoms with E-state index in [1.807, 2.05) is 97.0 Å². The fourth-order valence-electron chi connectivity index (χ4n) is 4.38. The molecule has 0 amide bonds. The first kappa shape index (κ1) is 23.9. The molecule has 3 heterocycles. The van der Waals surface area contributed by atoms with E-state index in [-0.39, 0.29) is 0 Å². The second kappa shape index (κ2) is 10.9. The van der Waals surface area contributed by atoms with Crippen LogP contribution in [0, 0.1) is 0 Å². The molecule has 0 N–H and O–H groups in total. The van der Waals surface area contributed by atoms with Crippen LogP contribution in [0.2, 0.25) is 0 Å². The van der Waals surface area contributed by atoms with Crippen molar-refractivity contribution in [1.82, 2.24) is 19.7 Å². The topological polar surface area (TPSA) is 59.3 Å². The van der Waals surface area contributed by atoms with Gasteiger partial charge in [0.15, 0.2) is 0 Å². The third-order valence-corrected chi connectivity index (χ3v) is 6.25. The smallest absolute Gasteiger partial charge is 0.147 e. The van der Waals surface area contributed by atoms with E-state index < -0.39 is 0 Å². The van der Waals surface area contributed by atoms with Crippen molar-refractivity contribution in [1.29, 1.82) is 0 Å². The molecule has 0 aliphatic rings. The first-order chi connectivity index (χ1) is 19.2. The van der Waals surface area contributed by atoms with Crippen LogP contribution in [-0.4, -0.2) is 26.8 Å². The van der Waals surface area contributed by atoms with Crippen LogP contribution in [-0.2, 0) is 0 Å². The summed E-state index contributed by atoms with van der Waals surface area (Å²) in [6.07, 6.45) is 8.86. The predicted molar refractivity (Wildman–Crippen MR) is 155 cm³/mol. The molecule has 0 bridgehead atoms. The molecule has 6 rings (SSSR count). The van der Waals surface area contributed by atoms with Gasteiger partial charge < -0.3 is 14.5 Å². The first-order valence-corrected chi connectivity index (χ1v) is 12.6. The Balaban J connectivity index is 1.46. The van der Waals surface area contributed by atoms with Crippen LogP contribution in [0.1, 0.15) is 0 Å². The lowest BCUT2D eigenvalue weighted by molar-refractivity contribution is 0.480. The predicted octanol–water partition coefficient (Wildman–Crippen LogP) is 7.69. The summed E-state index contributed by atoms with van der Waals surface area (Å²) in [5.74, 6) is 2.10. The molecule has 0 unspecified atom stereocenters. The molecule has 0 atom stereocenters. The lowest BCUT2D eigenvalue weighted by Gasteiger charge is -2.28. The molecule has 3 aromatic heterocycles. The SMILES string of the molecule is CN(c1cc(Oc2cncc(-n3cccn3)c2)cc(N(c2ccccc2)c2ccccc2)c1)c1ccccn1. The number of ether oxygens (including phenoxy) is 1. The van der Waals surface area contributed by atoms with Crippen molar-refractivity contribution < 1.29 is 4.74 Å². The molecule has 0 spiro atoms. The molecule has 0 saturated heterocycles. The van der Waals surface area contributed by atoms with Crippen molar-refractivity contribution in [2.45, 2.75) is 0 Å². The average Bonchev–Trinajstić information content (AvgIpc) is 3.54. The van der Waals surface area contributed by atoms with Crippen LogP contribution in [0.15, 0.2) is 140 Å². The molecular formula is C32H26N6O. The summed E-state index contributed by atoms with van der Waals surface area (Å²) in [7, 11) is 2.00. The maximum atomic E-state index is 6.43. The van der Waals surface area contributed by atoms with Gasteiger partial charge in [0.1, 0.15) is 17.3 Å². The summed E-state index contributed by atoms with van der Waals surface area (Å²) in [6.45, 7) is 0. The highest BCUT2D eigenvalue weighted by Crippen LogP contribution is 2.40. The average molecular weight is 511 g/mol.